The topological polar surface area (TPSA) is 70.1 Å². The molecule has 0 spiro atoms. The van der Waals surface area contributed by atoms with E-state index in [0.717, 1.165) is 43.4 Å². The molecule has 1 heterocycles. The van der Waals surface area contributed by atoms with Crippen LogP contribution in [0.25, 0.3) is 5.76 Å². The minimum Gasteiger partial charge on any atom is -0.507 e. The number of Topliss-reactive ketones (excluding diaryl/α,β-unsaturated/α-hetero) is 1. The Labute approximate surface area is 201 Å². The molecule has 4 rings (SSSR count). The van der Waals surface area contributed by atoms with Gasteiger partial charge in [-0.25, -0.2) is 0 Å². The van der Waals surface area contributed by atoms with Crippen LogP contribution < -0.4 is 9.64 Å². The number of ether oxygens (including phenoxy) is 1. The second kappa shape index (κ2) is 9.92. The summed E-state index contributed by atoms with van der Waals surface area (Å²) in [7, 11) is 3.94. The van der Waals surface area contributed by atoms with Crippen molar-refractivity contribution in [2.24, 2.45) is 0 Å². The summed E-state index contributed by atoms with van der Waals surface area (Å²) in [4.78, 5) is 30.4. The molecule has 1 N–H and O–H groups in total. The van der Waals surface area contributed by atoms with E-state index in [-0.39, 0.29) is 23.5 Å². The number of aliphatic hydroxyl groups excluding tert-OH is 1. The van der Waals surface area contributed by atoms with Gasteiger partial charge >= 0.3 is 0 Å². The van der Waals surface area contributed by atoms with Crippen LogP contribution in [-0.4, -0.2) is 47.9 Å². The number of anilines is 1. The normalized spacial score (nSPS) is 20.7. The van der Waals surface area contributed by atoms with Gasteiger partial charge in [0.15, 0.2) is 0 Å². The predicted molar refractivity (Wildman–Crippen MR) is 134 cm³/mol. The number of aliphatic hydroxyl groups is 1. The van der Waals surface area contributed by atoms with Crippen molar-refractivity contribution in [2.45, 2.75) is 64.1 Å². The summed E-state index contributed by atoms with van der Waals surface area (Å²) in [6.45, 7) is 3.86. The average molecular weight is 463 g/mol. The molecule has 180 valence electrons. The number of nitrogens with zero attached hydrogens (tertiary/aromatic N) is 2. The van der Waals surface area contributed by atoms with E-state index in [1.807, 2.05) is 63.2 Å². The summed E-state index contributed by atoms with van der Waals surface area (Å²) in [5.74, 6) is -0.704. The molecular formula is C28H34N2O4. The largest absolute Gasteiger partial charge is 0.507 e. The summed E-state index contributed by atoms with van der Waals surface area (Å²) in [5, 5.41) is 11.4. The van der Waals surface area contributed by atoms with Crippen molar-refractivity contribution in [3.05, 3.63) is 65.2 Å². The Morgan fingerprint density at radius 2 is 1.71 bits per heavy atom. The van der Waals surface area contributed by atoms with Crippen LogP contribution >= 0.6 is 0 Å². The molecule has 0 radical (unpaired) electrons. The molecule has 0 aromatic heterocycles. The van der Waals surface area contributed by atoms with Gasteiger partial charge in [0.2, 0.25) is 0 Å². The third-order valence-electron chi connectivity index (χ3n) is 6.65. The highest BCUT2D eigenvalue weighted by molar-refractivity contribution is 6.46. The quantitative estimate of drug-likeness (QED) is 0.359. The van der Waals surface area contributed by atoms with Gasteiger partial charge in [-0.3, -0.25) is 9.59 Å². The Morgan fingerprint density at radius 1 is 1.03 bits per heavy atom. The maximum Gasteiger partial charge on any atom is 0.295 e. The first kappa shape index (κ1) is 23.9. The van der Waals surface area contributed by atoms with Crippen molar-refractivity contribution in [1.29, 1.82) is 0 Å². The summed E-state index contributed by atoms with van der Waals surface area (Å²) >= 11 is 0. The number of hydrogen-bond acceptors (Lipinski definition) is 5. The maximum absolute atomic E-state index is 13.3. The summed E-state index contributed by atoms with van der Waals surface area (Å²) < 4.78 is 5.78. The molecule has 1 unspecified atom stereocenters. The average Bonchev–Trinajstić information content (AvgIpc) is 3.09. The van der Waals surface area contributed by atoms with E-state index in [9.17, 15) is 14.7 Å². The van der Waals surface area contributed by atoms with Crippen molar-refractivity contribution >= 4 is 23.1 Å². The number of benzene rings is 2. The van der Waals surface area contributed by atoms with Crippen molar-refractivity contribution < 1.29 is 19.4 Å². The maximum atomic E-state index is 13.3. The van der Waals surface area contributed by atoms with Crippen LogP contribution in [-0.2, 0) is 9.59 Å². The van der Waals surface area contributed by atoms with Gasteiger partial charge in [-0.2, -0.15) is 0 Å². The van der Waals surface area contributed by atoms with E-state index >= 15 is 0 Å². The van der Waals surface area contributed by atoms with Crippen LogP contribution in [0.1, 0.15) is 63.1 Å². The van der Waals surface area contributed by atoms with Gasteiger partial charge < -0.3 is 19.6 Å². The molecule has 0 bridgehead atoms. The molecule has 1 aliphatic carbocycles. The second-order valence-electron chi connectivity index (χ2n) is 9.68. The highest BCUT2D eigenvalue weighted by Gasteiger charge is 2.48. The first-order valence-electron chi connectivity index (χ1n) is 12.1. The van der Waals surface area contributed by atoms with Gasteiger partial charge in [0.05, 0.1) is 17.7 Å². The minimum atomic E-state index is -0.625. The van der Waals surface area contributed by atoms with Gasteiger partial charge in [-0.15, -0.1) is 0 Å². The zero-order chi connectivity index (χ0) is 24.4. The number of hydrogen-bond donors (Lipinski definition) is 1. The lowest BCUT2D eigenvalue weighted by Gasteiger charge is -2.35. The number of carbonyl (C=O) groups excluding carboxylic acids is 2. The third-order valence-corrected chi connectivity index (χ3v) is 6.65. The highest BCUT2D eigenvalue weighted by Crippen LogP contribution is 2.43. The third kappa shape index (κ3) is 4.67. The van der Waals surface area contributed by atoms with Gasteiger partial charge in [0, 0.05) is 31.4 Å². The molecule has 1 aliphatic heterocycles. The van der Waals surface area contributed by atoms with Gasteiger partial charge in [-0.1, -0.05) is 43.5 Å². The number of rotatable bonds is 6. The smallest absolute Gasteiger partial charge is 0.295 e. The molecule has 6 heteroatoms. The Bertz CT molecular complexity index is 1080. The fraction of sp³-hybridized carbons (Fsp3) is 0.429. The van der Waals surface area contributed by atoms with E-state index in [2.05, 4.69) is 0 Å². The van der Waals surface area contributed by atoms with Crippen LogP contribution in [0.3, 0.4) is 0 Å². The van der Waals surface area contributed by atoms with Gasteiger partial charge in [-0.05, 0) is 56.5 Å². The summed E-state index contributed by atoms with van der Waals surface area (Å²) in [6.07, 6.45) is 4.94. The standard InChI is InChI=1S/C28H34N2O4/c1-18(2)34-23-12-8-9-20(17-23)26(31)24-25(19-13-15-21(16-14-19)29(3)4)30(28(33)27(24)32)22-10-6-5-7-11-22/h8-9,12-18,22,25,31H,5-7,10-11H2,1-4H3/b26-24-. The highest BCUT2D eigenvalue weighted by atomic mass is 16.5. The van der Waals surface area contributed by atoms with Crippen LogP contribution in [0.5, 0.6) is 5.75 Å². The first-order chi connectivity index (χ1) is 16.3. The lowest BCUT2D eigenvalue weighted by molar-refractivity contribution is -0.141. The molecule has 1 atom stereocenters. The SMILES string of the molecule is CC(C)Oc1cccc(/C(O)=C2/C(=O)C(=O)N(C3CCCCC3)C2c2ccc(N(C)C)cc2)c1. The summed E-state index contributed by atoms with van der Waals surface area (Å²) in [6, 6.07) is 14.3. The Kier molecular flexibility index (Phi) is 6.96. The molecule has 34 heavy (non-hydrogen) atoms. The molecule has 1 saturated heterocycles. The summed E-state index contributed by atoms with van der Waals surface area (Å²) in [5.41, 5.74) is 2.47. The van der Waals surface area contributed by atoms with E-state index in [1.54, 1.807) is 23.1 Å². The fourth-order valence-electron chi connectivity index (χ4n) is 5.01. The van der Waals surface area contributed by atoms with Crippen molar-refractivity contribution in [1.82, 2.24) is 4.90 Å². The van der Waals surface area contributed by atoms with Crippen LogP contribution in [0.4, 0.5) is 5.69 Å². The lowest BCUT2D eigenvalue weighted by Crippen LogP contribution is -2.40. The fourth-order valence-corrected chi connectivity index (χ4v) is 5.01. The zero-order valence-electron chi connectivity index (χ0n) is 20.5. The Balaban J connectivity index is 1.83. The lowest BCUT2D eigenvalue weighted by atomic mass is 9.91. The molecule has 2 fully saturated rings. The molecule has 6 nitrogen and oxygen atoms in total. The van der Waals surface area contributed by atoms with E-state index in [1.165, 1.54) is 0 Å². The number of amides is 1. The monoisotopic (exact) mass is 462 g/mol. The molecule has 2 aromatic rings. The van der Waals surface area contributed by atoms with Crippen LogP contribution in [0, 0.1) is 0 Å². The number of likely N-dealkylation sites (tertiary alicyclic amines) is 1. The molecule has 1 saturated carbocycles. The van der Waals surface area contributed by atoms with E-state index in [0.29, 0.717) is 11.3 Å². The zero-order valence-corrected chi connectivity index (χ0v) is 20.5. The van der Waals surface area contributed by atoms with E-state index in [4.69, 9.17) is 4.74 Å². The van der Waals surface area contributed by atoms with Gasteiger partial charge in [0.25, 0.3) is 11.7 Å². The van der Waals surface area contributed by atoms with Crippen LogP contribution in [0.2, 0.25) is 0 Å². The number of carbonyl (C=O) groups is 2. The predicted octanol–water partition coefficient (Wildman–Crippen LogP) is 5.29. The molecule has 2 aromatic carbocycles. The number of ketones is 1. The first-order valence-corrected chi connectivity index (χ1v) is 12.1. The van der Waals surface area contributed by atoms with Crippen LogP contribution in [0.15, 0.2) is 54.1 Å². The van der Waals surface area contributed by atoms with Gasteiger partial charge in [0.1, 0.15) is 11.5 Å². The van der Waals surface area contributed by atoms with Crippen molar-refractivity contribution in [3.8, 4) is 5.75 Å². The second-order valence-corrected chi connectivity index (χ2v) is 9.68. The Morgan fingerprint density at radius 3 is 2.32 bits per heavy atom. The van der Waals surface area contributed by atoms with Crippen molar-refractivity contribution in [3.63, 3.8) is 0 Å². The molecular weight excluding hydrogens is 428 g/mol. The molecule has 1 amide bonds. The Hall–Kier alpha value is -3.28. The minimum absolute atomic E-state index is 0.00960. The molecule has 2 aliphatic rings. The van der Waals surface area contributed by atoms with E-state index < -0.39 is 17.7 Å². The van der Waals surface area contributed by atoms with Crippen molar-refractivity contribution in [2.75, 3.05) is 19.0 Å².